The van der Waals surface area contributed by atoms with E-state index >= 15 is 0 Å². The van der Waals surface area contributed by atoms with Gasteiger partial charge in [-0.05, 0) is 18.2 Å². The number of hydrogen-bond donors (Lipinski definition) is 0. The van der Waals surface area contributed by atoms with Gasteiger partial charge in [0.1, 0.15) is 0 Å². The Kier molecular flexibility index (Phi) is 9.79. The summed E-state index contributed by atoms with van der Waals surface area (Å²) in [6.07, 6.45) is 8.02. The molecule has 0 N–H and O–H groups in total. The van der Waals surface area contributed by atoms with E-state index in [0.717, 1.165) is 0 Å². The Morgan fingerprint density at radius 2 is 1.38 bits per heavy atom. The second-order valence-electron chi connectivity index (χ2n) is 5.05. The minimum atomic E-state index is -0.694. The molecule has 0 heterocycles. The summed E-state index contributed by atoms with van der Waals surface area (Å²) in [4.78, 5) is 2.57. The third-order valence-corrected chi connectivity index (χ3v) is 4.83. The fraction of sp³-hybridized carbons (Fsp3) is 0.857. The molecule has 0 radical (unpaired) electrons. The van der Waals surface area contributed by atoms with Gasteiger partial charge in [0.05, 0.1) is 8.80 Å². The Balaban J connectivity index is 4.00. The van der Waals surface area contributed by atoms with Crippen LogP contribution in [0.25, 0.3) is 0 Å². The van der Waals surface area contributed by atoms with Gasteiger partial charge in [-0.15, -0.1) is 0 Å². The standard InChI is InChI=1S/C14H31NSi/c1-6-8-10-12-15(13-11-9-7-2)14(3)16(4)5/h16H,3,6-13H2,1-2,4-5H3. The van der Waals surface area contributed by atoms with Gasteiger partial charge in [-0.3, -0.25) is 0 Å². The molecule has 0 aliphatic carbocycles. The molecule has 0 unspecified atom stereocenters. The zero-order valence-electron chi connectivity index (χ0n) is 11.9. The highest BCUT2D eigenvalue weighted by molar-refractivity contribution is 6.63. The van der Waals surface area contributed by atoms with E-state index in [1.807, 2.05) is 0 Å². The molecule has 0 atom stereocenters. The van der Waals surface area contributed by atoms with E-state index in [9.17, 15) is 0 Å². The lowest BCUT2D eigenvalue weighted by Gasteiger charge is -2.29. The van der Waals surface area contributed by atoms with Crippen molar-refractivity contribution in [2.24, 2.45) is 0 Å². The quantitative estimate of drug-likeness (QED) is 0.409. The van der Waals surface area contributed by atoms with E-state index in [1.54, 1.807) is 0 Å². The van der Waals surface area contributed by atoms with E-state index in [1.165, 1.54) is 56.9 Å². The first-order chi connectivity index (χ1) is 7.63. The van der Waals surface area contributed by atoms with Crippen molar-refractivity contribution in [3.8, 4) is 0 Å². The summed E-state index contributed by atoms with van der Waals surface area (Å²) < 4.78 is 0. The summed E-state index contributed by atoms with van der Waals surface area (Å²) in [6.45, 7) is 16.1. The van der Waals surface area contributed by atoms with Gasteiger partial charge in [-0.2, -0.15) is 0 Å². The van der Waals surface area contributed by atoms with Crippen molar-refractivity contribution in [3.05, 3.63) is 11.9 Å². The van der Waals surface area contributed by atoms with Gasteiger partial charge in [-0.25, -0.2) is 0 Å². The maximum Gasteiger partial charge on any atom is 0.0843 e. The summed E-state index contributed by atoms with van der Waals surface area (Å²) in [5, 5.41) is 1.47. The Labute approximate surface area is 105 Å². The molecule has 0 bridgehead atoms. The Morgan fingerprint density at radius 3 is 1.69 bits per heavy atom. The first kappa shape index (κ1) is 15.8. The van der Waals surface area contributed by atoms with E-state index in [-0.39, 0.29) is 0 Å². The third-order valence-electron chi connectivity index (χ3n) is 3.14. The van der Waals surface area contributed by atoms with Crippen LogP contribution in [0.3, 0.4) is 0 Å². The summed E-state index contributed by atoms with van der Waals surface area (Å²) in [7, 11) is -0.694. The Bertz CT molecular complexity index is 168. The molecule has 16 heavy (non-hydrogen) atoms. The SMILES string of the molecule is C=C(N(CCCCC)CCCCC)[SiH](C)C. The van der Waals surface area contributed by atoms with Gasteiger partial charge in [-0.1, -0.05) is 59.2 Å². The van der Waals surface area contributed by atoms with Crippen LogP contribution in [0.4, 0.5) is 0 Å². The zero-order chi connectivity index (χ0) is 12.4. The van der Waals surface area contributed by atoms with Crippen LogP contribution in [0.5, 0.6) is 0 Å². The summed E-state index contributed by atoms with van der Waals surface area (Å²) in [6, 6.07) is 0. The summed E-state index contributed by atoms with van der Waals surface area (Å²) in [5.74, 6) is 0. The Morgan fingerprint density at radius 1 is 0.938 bits per heavy atom. The van der Waals surface area contributed by atoms with Crippen LogP contribution in [-0.4, -0.2) is 26.8 Å². The van der Waals surface area contributed by atoms with Gasteiger partial charge in [0, 0.05) is 13.1 Å². The van der Waals surface area contributed by atoms with Crippen molar-refractivity contribution in [1.29, 1.82) is 0 Å². The predicted octanol–water partition coefficient (Wildman–Crippen LogP) is 4.21. The largest absolute Gasteiger partial charge is 0.379 e. The second-order valence-corrected chi connectivity index (χ2v) is 8.02. The number of rotatable bonds is 10. The maximum atomic E-state index is 4.30. The molecule has 0 aliphatic heterocycles. The van der Waals surface area contributed by atoms with Crippen LogP contribution < -0.4 is 0 Å². The van der Waals surface area contributed by atoms with Crippen LogP contribution in [0, 0.1) is 0 Å². The number of nitrogens with zero attached hydrogens (tertiary/aromatic N) is 1. The van der Waals surface area contributed by atoms with Crippen molar-refractivity contribution in [3.63, 3.8) is 0 Å². The minimum Gasteiger partial charge on any atom is -0.379 e. The molecule has 0 rings (SSSR count). The van der Waals surface area contributed by atoms with Crippen molar-refractivity contribution >= 4 is 8.80 Å². The van der Waals surface area contributed by atoms with Crippen LogP contribution in [0.1, 0.15) is 52.4 Å². The lowest BCUT2D eigenvalue weighted by Crippen LogP contribution is -2.30. The van der Waals surface area contributed by atoms with Crippen LogP contribution in [0.15, 0.2) is 11.9 Å². The molecular formula is C14H31NSi. The fourth-order valence-corrected chi connectivity index (χ4v) is 2.86. The van der Waals surface area contributed by atoms with Crippen molar-refractivity contribution in [1.82, 2.24) is 4.90 Å². The second kappa shape index (κ2) is 9.95. The molecule has 0 amide bonds. The first-order valence-corrected chi connectivity index (χ1v) is 9.95. The highest BCUT2D eigenvalue weighted by Gasteiger charge is 2.10. The zero-order valence-corrected chi connectivity index (χ0v) is 13.0. The van der Waals surface area contributed by atoms with Gasteiger partial charge >= 0.3 is 0 Å². The lowest BCUT2D eigenvalue weighted by molar-refractivity contribution is 0.343. The average molecular weight is 241 g/mol. The predicted molar refractivity (Wildman–Crippen MR) is 78.6 cm³/mol. The highest BCUT2D eigenvalue weighted by atomic mass is 28.3. The van der Waals surface area contributed by atoms with Gasteiger partial charge in [0.25, 0.3) is 0 Å². The minimum absolute atomic E-state index is 0.694. The van der Waals surface area contributed by atoms with Crippen molar-refractivity contribution in [2.75, 3.05) is 13.1 Å². The van der Waals surface area contributed by atoms with E-state index in [4.69, 9.17) is 0 Å². The van der Waals surface area contributed by atoms with E-state index < -0.39 is 8.80 Å². The number of hydrogen-bond acceptors (Lipinski definition) is 1. The average Bonchev–Trinajstić information content (AvgIpc) is 2.26. The smallest absolute Gasteiger partial charge is 0.0843 e. The third kappa shape index (κ3) is 7.10. The fourth-order valence-electron chi connectivity index (χ4n) is 1.87. The molecule has 0 aliphatic rings. The van der Waals surface area contributed by atoms with Crippen molar-refractivity contribution < 1.29 is 0 Å². The molecule has 0 aromatic carbocycles. The monoisotopic (exact) mass is 241 g/mol. The van der Waals surface area contributed by atoms with Crippen LogP contribution in [-0.2, 0) is 0 Å². The molecule has 96 valence electrons. The topological polar surface area (TPSA) is 3.24 Å². The number of unbranched alkanes of at least 4 members (excludes halogenated alkanes) is 4. The summed E-state index contributed by atoms with van der Waals surface area (Å²) in [5.41, 5.74) is 0. The van der Waals surface area contributed by atoms with Crippen molar-refractivity contribution in [2.45, 2.75) is 65.5 Å². The molecule has 0 spiro atoms. The molecule has 0 aromatic heterocycles. The Hall–Kier alpha value is -0.243. The van der Waals surface area contributed by atoms with E-state index in [0.29, 0.717) is 0 Å². The van der Waals surface area contributed by atoms with Crippen LogP contribution in [0.2, 0.25) is 13.1 Å². The van der Waals surface area contributed by atoms with E-state index in [2.05, 4.69) is 38.4 Å². The molecule has 0 fully saturated rings. The summed E-state index contributed by atoms with van der Waals surface area (Å²) >= 11 is 0. The molecule has 0 aromatic rings. The highest BCUT2D eigenvalue weighted by Crippen LogP contribution is 2.11. The molecule has 1 nitrogen and oxygen atoms in total. The van der Waals surface area contributed by atoms with Gasteiger partial charge in [0.15, 0.2) is 0 Å². The van der Waals surface area contributed by atoms with Gasteiger partial charge in [0.2, 0.25) is 0 Å². The maximum absolute atomic E-state index is 4.30. The first-order valence-electron chi connectivity index (χ1n) is 7.07. The van der Waals surface area contributed by atoms with Crippen LogP contribution >= 0.6 is 0 Å². The normalized spacial score (nSPS) is 10.8. The lowest BCUT2D eigenvalue weighted by atomic mass is 10.2. The molecule has 0 saturated carbocycles. The molecule has 2 heteroatoms. The van der Waals surface area contributed by atoms with Gasteiger partial charge < -0.3 is 4.90 Å². The molecule has 0 saturated heterocycles. The molecular weight excluding hydrogens is 210 g/mol.